The maximum atomic E-state index is 10.7. The zero-order valence-electron chi connectivity index (χ0n) is 21.1. The van der Waals surface area contributed by atoms with Crippen LogP contribution in [0.1, 0.15) is 63.5 Å². The molecule has 5 heteroatoms. The number of phenols is 1. The second kappa shape index (κ2) is 11.0. The molecule has 1 aliphatic rings. The lowest BCUT2D eigenvalue weighted by atomic mass is 9.89. The van der Waals surface area contributed by atoms with Crippen molar-refractivity contribution in [1.82, 2.24) is 0 Å². The number of methoxy groups -OCH3 is 2. The van der Waals surface area contributed by atoms with Crippen molar-refractivity contribution in [3.05, 3.63) is 41.6 Å². The molecule has 34 heavy (non-hydrogen) atoms. The smallest absolute Gasteiger partial charge is 0.216 e. The van der Waals surface area contributed by atoms with Gasteiger partial charge in [-0.1, -0.05) is 39.0 Å². The van der Waals surface area contributed by atoms with Crippen molar-refractivity contribution in [2.75, 3.05) is 20.8 Å². The lowest BCUT2D eigenvalue weighted by Gasteiger charge is -2.21. The van der Waals surface area contributed by atoms with E-state index in [1.54, 1.807) is 14.2 Å². The first-order chi connectivity index (χ1) is 16.6. The Kier molecular flexibility index (Phi) is 7.81. The maximum Gasteiger partial charge on any atom is 0.216 e. The highest BCUT2D eigenvalue weighted by atomic mass is 16.5. The zero-order chi connectivity index (χ0) is 24.1. The summed E-state index contributed by atoms with van der Waals surface area (Å²) >= 11 is 0. The molecule has 3 aromatic rings. The van der Waals surface area contributed by atoms with Crippen LogP contribution in [0.4, 0.5) is 0 Å². The van der Waals surface area contributed by atoms with Crippen molar-refractivity contribution < 1.29 is 23.9 Å². The molecule has 1 aliphatic heterocycles. The molecule has 0 aliphatic carbocycles. The molecule has 0 spiro atoms. The third-order valence-corrected chi connectivity index (χ3v) is 6.91. The van der Waals surface area contributed by atoms with Crippen LogP contribution in [0.25, 0.3) is 22.0 Å². The molecule has 0 fully saturated rings. The molecule has 0 unspecified atom stereocenters. The Bertz CT molecular complexity index is 1160. The van der Waals surface area contributed by atoms with Gasteiger partial charge in [0.05, 0.1) is 31.8 Å². The summed E-state index contributed by atoms with van der Waals surface area (Å²) < 4.78 is 19.4. The lowest BCUT2D eigenvalue weighted by molar-refractivity contribution is -0.686. The fraction of sp³-hybridized carbons (Fsp3) is 0.483. The number of unbranched alkanes of at least 4 members (excludes halogenated alkanes) is 5. The second-order valence-corrected chi connectivity index (χ2v) is 9.09. The topological polar surface area (TPSA) is 51.8 Å². The van der Waals surface area contributed by atoms with Gasteiger partial charge in [0.1, 0.15) is 0 Å². The van der Waals surface area contributed by atoms with Gasteiger partial charge in [-0.05, 0) is 49.6 Å². The summed E-state index contributed by atoms with van der Waals surface area (Å²) in [6.07, 6.45) is 11.6. The second-order valence-electron chi connectivity index (χ2n) is 9.09. The third kappa shape index (κ3) is 4.66. The minimum atomic E-state index is 0.201. The van der Waals surface area contributed by atoms with Gasteiger partial charge in [-0.25, -0.2) is 0 Å². The van der Waals surface area contributed by atoms with E-state index in [0.717, 1.165) is 48.3 Å². The van der Waals surface area contributed by atoms with Gasteiger partial charge >= 0.3 is 0 Å². The molecular weight excluding hydrogens is 426 g/mol. The highest BCUT2D eigenvalue weighted by molar-refractivity contribution is 5.95. The molecule has 5 nitrogen and oxygen atoms in total. The van der Waals surface area contributed by atoms with E-state index in [4.69, 9.17) is 14.2 Å². The van der Waals surface area contributed by atoms with E-state index in [1.807, 2.05) is 25.1 Å². The molecule has 0 radical (unpaired) electrons. The van der Waals surface area contributed by atoms with Crippen LogP contribution in [-0.2, 0) is 19.4 Å². The van der Waals surface area contributed by atoms with Crippen LogP contribution in [0.15, 0.2) is 30.5 Å². The number of nitrogens with zero attached hydrogens (tertiary/aromatic N) is 1. The van der Waals surface area contributed by atoms with Crippen LogP contribution >= 0.6 is 0 Å². The minimum absolute atomic E-state index is 0.201. The van der Waals surface area contributed by atoms with E-state index in [2.05, 4.69) is 23.8 Å². The predicted octanol–water partition coefficient (Wildman–Crippen LogP) is 6.37. The van der Waals surface area contributed by atoms with E-state index in [9.17, 15) is 5.11 Å². The summed E-state index contributed by atoms with van der Waals surface area (Å²) in [4.78, 5) is 0. The molecule has 0 bridgehead atoms. The number of aromatic hydroxyl groups is 1. The Labute approximate surface area is 203 Å². The molecule has 0 amide bonds. The third-order valence-electron chi connectivity index (χ3n) is 6.91. The van der Waals surface area contributed by atoms with Gasteiger partial charge < -0.3 is 19.3 Å². The maximum absolute atomic E-state index is 10.7. The first-order valence-corrected chi connectivity index (χ1v) is 12.7. The minimum Gasteiger partial charge on any atom is -0.504 e. The first kappa shape index (κ1) is 24.2. The monoisotopic (exact) mass is 464 g/mol. The van der Waals surface area contributed by atoms with Gasteiger partial charge in [0.25, 0.3) is 0 Å². The van der Waals surface area contributed by atoms with Gasteiger partial charge in [-0.2, -0.15) is 4.57 Å². The SMILES string of the molecule is CCCCCCCCc1c2[n+](cc3c(OC)c(OC)ccc13)CCc1cc(OCC)c(O)cc1-2. The molecule has 182 valence electrons. The molecule has 4 rings (SSSR count). The van der Waals surface area contributed by atoms with Crippen LogP contribution in [0, 0.1) is 0 Å². The van der Waals surface area contributed by atoms with E-state index in [0.29, 0.717) is 12.4 Å². The summed E-state index contributed by atoms with van der Waals surface area (Å²) in [5.74, 6) is 2.29. The predicted molar refractivity (Wildman–Crippen MR) is 136 cm³/mol. The standard InChI is InChI=1S/C29H37NO4/c1-5-7-8-9-10-11-12-22-21-13-14-26(32-3)29(33-4)24(21)19-30-16-15-20-17-27(34-6-2)25(31)18-23(20)28(22)30/h13-14,17-19H,5-12,15-16H2,1-4H3/p+1. The number of phenolic OH excluding ortho intramolecular Hbond substituents is 1. The summed E-state index contributed by atoms with van der Waals surface area (Å²) in [6, 6.07) is 8.07. The van der Waals surface area contributed by atoms with Gasteiger partial charge in [0, 0.05) is 17.4 Å². The number of benzene rings is 2. The highest BCUT2D eigenvalue weighted by Crippen LogP contribution is 2.42. The van der Waals surface area contributed by atoms with E-state index in [1.165, 1.54) is 54.3 Å². The van der Waals surface area contributed by atoms with Gasteiger partial charge in [-0.3, -0.25) is 0 Å². The van der Waals surface area contributed by atoms with Crippen LogP contribution in [0.3, 0.4) is 0 Å². The van der Waals surface area contributed by atoms with Crippen molar-refractivity contribution >= 4 is 10.8 Å². The summed E-state index contributed by atoms with van der Waals surface area (Å²) in [7, 11) is 3.39. The largest absolute Gasteiger partial charge is 0.504 e. The Hall–Kier alpha value is -2.95. The Balaban J connectivity index is 1.84. The number of rotatable bonds is 11. The van der Waals surface area contributed by atoms with Crippen molar-refractivity contribution in [3.8, 4) is 34.3 Å². The number of aryl methyl sites for hydroxylation is 3. The molecular formula is C29H38NO4+. The molecule has 0 saturated heterocycles. The van der Waals surface area contributed by atoms with Gasteiger partial charge in [0.15, 0.2) is 35.7 Å². The summed E-state index contributed by atoms with van der Waals surface area (Å²) in [6.45, 7) is 5.60. The number of hydrogen-bond acceptors (Lipinski definition) is 4. The molecule has 1 N–H and O–H groups in total. The van der Waals surface area contributed by atoms with Crippen LogP contribution < -0.4 is 18.8 Å². The Morgan fingerprint density at radius 2 is 1.71 bits per heavy atom. The Morgan fingerprint density at radius 3 is 2.44 bits per heavy atom. The summed E-state index contributed by atoms with van der Waals surface area (Å²) in [5.41, 5.74) is 4.85. The molecule has 2 aromatic carbocycles. The molecule has 1 aromatic heterocycles. The molecule has 0 atom stereocenters. The molecule has 0 saturated carbocycles. The van der Waals surface area contributed by atoms with Crippen LogP contribution in [0.5, 0.6) is 23.0 Å². The molecule has 2 heterocycles. The van der Waals surface area contributed by atoms with Crippen LogP contribution in [-0.4, -0.2) is 25.9 Å². The van der Waals surface area contributed by atoms with Crippen molar-refractivity contribution in [2.24, 2.45) is 0 Å². The lowest BCUT2D eigenvalue weighted by Crippen LogP contribution is -2.41. The average molecular weight is 465 g/mol. The van der Waals surface area contributed by atoms with Crippen molar-refractivity contribution in [2.45, 2.75) is 71.8 Å². The normalized spacial score (nSPS) is 12.4. The van der Waals surface area contributed by atoms with E-state index >= 15 is 0 Å². The average Bonchev–Trinajstić information content (AvgIpc) is 2.85. The van der Waals surface area contributed by atoms with Gasteiger partial charge in [0.2, 0.25) is 5.69 Å². The number of pyridine rings is 1. The zero-order valence-corrected chi connectivity index (χ0v) is 21.1. The van der Waals surface area contributed by atoms with E-state index < -0.39 is 0 Å². The fourth-order valence-electron chi connectivity index (χ4n) is 5.24. The summed E-state index contributed by atoms with van der Waals surface area (Å²) in [5, 5.41) is 13.0. The van der Waals surface area contributed by atoms with E-state index in [-0.39, 0.29) is 5.75 Å². The number of hydrogen-bond donors (Lipinski definition) is 1. The number of aromatic nitrogens is 1. The van der Waals surface area contributed by atoms with Crippen LogP contribution in [0.2, 0.25) is 0 Å². The quantitative estimate of drug-likeness (QED) is 0.264. The van der Waals surface area contributed by atoms with Crippen molar-refractivity contribution in [1.29, 1.82) is 0 Å². The van der Waals surface area contributed by atoms with Crippen molar-refractivity contribution in [3.63, 3.8) is 0 Å². The fourth-order valence-corrected chi connectivity index (χ4v) is 5.24. The first-order valence-electron chi connectivity index (χ1n) is 12.7. The van der Waals surface area contributed by atoms with Gasteiger partial charge in [-0.15, -0.1) is 0 Å². The highest BCUT2D eigenvalue weighted by Gasteiger charge is 2.31. The number of fused-ring (bicyclic) bond motifs is 4. The Morgan fingerprint density at radius 1 is 0.912 bits per heavy atom. The number of ether oxygens (including phenoxy) is 3.